The summed E-state index contributed by atoms with van der Waals surface area (Å²) in [6.07, 6.45) is -0.817. The van der Waals surface area contributed by atoms with Gasteiger partial charge in [-0.15, -0.1) is 0 Å². The molecule has 0 bridgehead atoms. The summed E-state index contributed by atoms with van der Waals surface area (Å²) in [5.74, 6) is 1.44. The van der Waals surface area contributed by atoms with Gasteiger partial charge in [0.2, 0.25) is 11.7 Å². The first-order chi connectivity index (χ1) is 16.4. The van der Waals surface area contributed by atoms with Crippen molar-refractivity contribution >= 4 is 17.5 Å². The zero-order chi connectivity index (χ0) is 25.3. The Morgan fingerprint density at radius 2 is 1.89 bits per heavy atom. The number of nitrogens with one attached hydrogen (secondary N) is 1. The molecule has 1 fully saturated rings. The van der Waals surface area contributed by atoms with Crippen LogP contribution in [-0.4, -0.2) is 25.2 Å². The molecule has 1 saturated carbocycles. The Morgan fingerprint density at radius 3 is 2.51 bits per heavy atom. The van der Waals surface area contributed by atoms with E-state index in [9.17, 15) is 18.0 Å². The number of anilines is 1. The molecule has 3 aromatic rings. The van der Waals surface area contributed by atoms with Crippen LogP contribution in [0.5, 0.6) is 0 Å². The number of nitrogens with zero attached hydrogens (tertiary/aromatic N) is 4. The van der Waals surface area contributed by atoms with Crippen molar-refractivity contribution in [2.75, 3.05) is 5.32 Å². The van der Waals surface area contributed by atoms with Crippen molar-refractivity contribution in [3.05, 3.63) is 58.0 Å². The number of fused-ring (bicyclic) bond motifs is 3. The molecule has 2 aromatic heterocycles. The molecule has 6 nitrogen and oxygen atoms in total. The van der Waals surface area contributed by atoms with Crippen molar-refractivity contribution in [3.63, 3.8) is 0 Å². The first-order valence-corrected chi connectivity index (χ1v) is 12.0. The van der Waals surface area contributed by atoms with Crippen LogP contribution in [-0.2, 0) is 24.1 Å². The number of hydrogen-bond donors (Lipinski definition) is 1. The molecule has 5 rings (SSSR count). The molecule has 35 heavy (non-hydrogen) atoms. The van der Waals surface area contributed by atoms with Crippen molar-refractivity contribution in [1.29, 1.82) is 0 Å². The third kappa shape index (κ3) is 3.94. The number of amides is 1. The molecule has 1 amide bonds. The van der Waals surface area contributed by atoms with Gasteiger partial charge >= 0.3 is 6.18 Å². The van der Waals surface area contributed by atoms with Gasteiger partial charge in [0.05, 0.1) is 36.6 Å². The highest BCUT2D eigenvalue weighted by molar-refractivity contribution is 5.85. The van der Waals surface area contributed by atoms with E-state index in [0.29, 0.717) is 30.2 Å². The van der Waals surface area contributed by atoms with E-state index in [1.54, 1.807) is 6.07 Å². The van der Waals surface area contributed by atoms with Gasteiger partial charge in [-0.05, 0) is 49.8 Å². The molecular weight excluding hydrogens is 455 g/mol. The number of rotatable bonds is 5. The fraction of sp³-hybridized carbons (Fsp3) is 0.500. The number of halogens is 3. The van der Waals surface area contributed by atoms with Gasteiger partial charge in [-0.25, -0.2) is 4.98 Å². The Morgan fingerprint density at radius 1 is 1.17 bits per heavy atom. The average molecular weight is 486 g/mol. The predicted octanol–water partition coefficient (Wildman–Crippen LogP) is 6.00. The molecule has 3 heterocycles. The molecule has 1 aliphatic carbocycles. The van der Waals surface area contributed by atoms with Gasteiger partial charge < -0.3 is 10.2 Å². The molecule has 1 N–H and O–H groups in total. The molecule has 0 spiro atoms. The van der Waals surface area contributed by atoms with E-state index in [2.05, 4.69) is 24.1 Å². The van der Waals surface area contributed by atoms with Gasteiger partial charge in [-0.1, -0.05) is 32.9 Å². The number of benzene rings is 1. The minimum Gasteiger partial charge on any atom is -0.363 e. The maximum absolute atomic E-state index is 13.5. The molecule has 2 aliphatic rings. The minimum absolute atomic E-state index is 0.140. The molecule has 0 unspecified atom stereocenters. The lowest BCUT2D eigenvalue weighted by atomic mass is 9.97. The smallest absolute Gasteiger partial charge is 0.363 e. The lowest BCUT2D eigenvalue weighted by Crippen LogP contribution is -2.31. The van der Waals surface area contributed by atoms with Gasteiger partial charge in [0.25, 0.3) is 0 Å². The largest absolute Gasteiger partial charge is 0.416 e. The first-order valence-electron chi connectivity index (χ1n) is 12.0. The molecule has 0 radical (unpaired) electrons. The summed E-state index contributed by atoms with van der Waals surface area (Å²) in [4.78, 5) is 24.3. The normalized spacial score (nSPS) is 17.7. The van der Waals surface area contributed by atoms with Crippen LogP contribution in [0.25, 0.3) is 5.78 Å². The number of carbonyl (C=O) groups excluding carboxylic acids is 1. The van der Waals surface area contributed by atoms with E-state index in [1.807, 2.05) is 29.3 Å². The Labute approximate surface area is 202 Å². The van der Waals surface area contributed by atoms with E-state index < -0.39 is 17.8 Å². The van der Waals surface area contributed by atoms with Crippen molar-refractivity contribution in [2.24, 2.45) is 5.41 Å². The van der Waals surface area contributed by atoms with Gasteiger partial charge in [0.1, 0.15) is 5.82 Å². The van der Waals surface area contributed by atoms with E-state index in [4.69, 9.17) is 4.98 Å². The Hall–Kier alpha value is -3.10. The lowest BCUT2D eigenvalue weighted by Gasteiger charge is -2.22. The van der Waals surface area contributed by atoms with E-state index in [0.717, 1.165) is 35.9 Å². The lowest BCUT2D eigenvalue weighted by molar-refractivity contribution is -0.138. The highest BCUT2D eigenvalue weighted by Crippen LogP contribution is 2.48. The summed E-state index contributed by atoms with van der Waals surface area (Å²) in [6, 6.07) is 3.82. The second-order valence-corrected chi connectivity index (χ2v) is 10.5. The fourth-order valence-corrected chi connectivity index (χ4v) is 5.08. The van der Waals surface area contributed by atoms with Crippen LogP contribution in [0.3, 0.4) is 0 Å². The zero-order valence-electron chi connectivity index (χ0n) is 20.6. The third-order valence-corrected chi connectivity index (χ3v) is 7.47. The number of alkyl halides is 3. The summed E-state index contributed by atoms with van der Waals surface area (Å²) in [7, 11) is 0. The van der Waals surface area contributed by atoms with Crippen molar-refractivity contribution in [2.45, 2.75) is 78.7 Å². The second kappa shape index (κ2) is 7.96. The van der Waals surface area contributed by atoms with E-state index in [1.165, 1.54) is 13.0 Å². The summed E-state index contributed by atoms with van der Waals surface area (Å²) >= 11 is 0. The highest BCUT2D eigenvalue weighted by atomic mass is 19.4. The molecule has 1 aliphatic heterocycles. The standard InChI is InChI=1S/C26H30F3N5O/c1-14(2)20-11-30-24-32-22(31-16(4)17-7-6-8-19(15(17)3)26(27,28)29)18-12-33(13-21(18)34(20)24)23(35)25(5)9-10-25/h6-8,11,14,16H,9-10,12-13H2,1-5H3,(H,30,31,32)/t16-/m1/s1. The summed E-state index contributed by atoms with van der Waals surface area (Å²) in [5.41, 5.74) is 2.69. The first kappa shape index (κ1) is 23.6. The number of carbonyl (C=O) groups is 1. The van der Waals surface area contributed by atoms with Crippen LogP contribution in [0.2, 0.25) is 0 Å². The Balaban J connectivity index is 1.56. The molecule has 1 aromatic carbocycles. The van der Waals surface area contributed by atoms with E-state index >= 15 is 0 Å². The molecule has 9 heteroatoms. The summed E-state index contributed by atoms with van der Waals surface area (Å²) in [5, 5.41) is 3.35. The number of hydrogen-bond acceptors (Lipinski definition) is 4. The molecule has 0 saturated heterocycles. The van der Waals surface area contributed by atoms with Crippen molar-refractivity contribution in [1.82, 2.24) is 19.3 Å². The van der Waals surface area contributed by atoms with Crippen LogP contribution >= 0.6 is 0 Å². The van der Waals surface area contributed by atoms with Crippen molar-refractivity contribution < 1.29 is 18.0 Å². The van der Waals surface area contributed by atoms with Gasteiger partial charge in [-0.3, -0.25) is 9.20 Å². The van der Waals surface area contributed by atoms with Gasteiger partial charge in [-0.2, -0.15) is 18.2 Å². The van der Waals surface area contributed by atoms with Crippen LogP contribution in [0, 0.1) is 12.3 Å². The molecule has 1 atom stereocenters. The minimum atomic E-state index is -4.42. The predicted molar refractivity (Wildman–Crippen MR) is 127 cm³/mol. The van der Waals surface area contributed by atoms with Crippen LogP contribution in [0.4, 0.5) is 19.0 Å². The van der Waals surface area contributed by atoms with E-state index in [-0.39, 0.29) is 22.8 Å². The Bertz CT molecular complexity index is 1320. The van der Waals surface area contributed by atoms with Crippen LogP contribution in [0.1, 0.15) is 86.1 Å². The highest BCUT2D eigenvalue weighted by Gasteiger charge is 2.48. The van der Waals surface area contributed by atoms with Crippen LogP contribution < -0.4 is 5.32 Å². The maximum Gasteiger partial charge on any atom is 0.416 e. The zero-order valence-corrected chi connectivity index (χ0v) is 20.6. The average Bonchev–Trinajstić information content (AvgIpc) is 3.19. The third-order valence-electron chi connectivity index (χ3n) is 7.47. The maximum atomic E-state index is 13.5. The van der Waals surface area contributed by atoms with Crippen LogP contribution in [0.15, 0.2) is 24.4 Å². The fourth-order valence-electron chi connectivity index (χ4n) is 5.08. The quantitative estimate of drug-likeness (QED) is 0.482. The molecular formula is C26H30F3N5O. The Kier molecular flexibility index (Phi) is 5.38. The summed E-state index contributed by atoms with van der Waals surface area (Å²) < 4.78 is 42.5. The second-order valence-electron chi connectivity index (χ2n) is 10.5. The number of aromatic nitrogens is 3. The summed E-state index contributed by atoms with van der Waals surface area (Å²) in [6.45, 7) is 10.4. The van der Waals surface area contributed by atoms with Gasteiger partial charge in [0.15, 0.2) is 0 Å². The SMILES string of the molecule is Cc1c([C@@H](C)Nc2nc3ncc(C(C)C)n3c3c2CN(C(=O)C2(C)CC2)C3)cccc1C(F)(F)F. The van der Waals surface area contributed by atoms with Gasteiger partial charge in [0, 0.05) is 16.7 Å². The van der Waals surface area contributed by atoms with Crippen molar-refractivity contribution in [3.8, 4) is 0 Å². The molecule has 186 valence electrons. The monoisotopic (exact) mass is 485 g/mol. The number of imidazole rings is 1. The topological polar surface area (TPSA) is 62.5 Å².